The van der Waals surface area contributed by atoms with Crippen molar-refractivity contribution in [1.82, 2.24) is 4.98 Å². The Morgan fingerprint density at radius 1 is 0.923 bits per heavy atom. The smallest absolute Gasteiger partial charge is 0.230 e. The van der Waals surface area contributed by atoms with E-state index in [1.54, 1.807) is 6.07 Å². The molecule has 3 heterocycles. The van der Waals surface area contributed by atoms with Crippen molar-refractivity contribution < 1.29 is 13.4 Å². The van der Waals surface area contributed by atoms with Crippen LogP contribution in [0.2, 0.25) is 0 Å². The highest BCUT2D eigenvalue weighted by Crippen LogP contribution is 2.39. The van der Waals surface area contributed by atoms with Gasteiger partial charge in [0.25, 0.3) is 0 Å². The molecule has 2 aromatic carbocycles. The Kier molecular flexibility index (Phi) is 3.10. The first-order valence-corrected chi connectivity index (χ1v) is 8.50. The average Bonchev–Trinajstić information content (AvgIpc) is 3.01. The number of hydrogen-bond donors (Lipinski definition) is 0. The van der Waals surface area contributed by atoms with Crippen LogP contribution in [-0.2, 0) is 7.05 Å². The highest BCUT2D eigenvalue weighted by molar-refractivity contribution is 6.19. The summed E-state index contributed by atoms with van der Waals surface area (Å²) >= 11 is 0. The number of aromatic nitrogens is 2. The lowest BCUT2D eigenvalue weighted by molar-refractivity contribution is -0.660. The summed E-state index contributed by atoms with van der Waals surface area (Å²) in [5.74, 6) is -0.504. The molecule has 0 aliphatic carbocycles. The fourth-order valence-electron chi connectivity index (χ4n) is 3.72. The molecule has 5 rings (SSSR count). The quantitative estimate of drug-likeness (QED) is 0.314. The van der Waals surface area contributed by atoms with Crippen molar-refractivity contribution in [2.75, 3.05) is 0 Å². The molecule has 0 unspecified atom stereocenters. The Bertz CT molecular complexity index is 1320. The second kappa shape index (κ2) is 5.36. The second-order valence-corrected chi connectivity index (χ2v) is 6.56. The highest BCUT2D eigenvalue weighted by atomic mass is 19.1. The Morgan fingerprint density at radius 2 is 1.69 bits per heavy atom. The number of fused-ring (bicyclic) bond motifs is 5. The van der Waals surface area contributed by atoms with Gasteiger partial charge in [0.2, 0.25) is 17.4 Å². The van der Waals surface area contributed by atoms with Crippen molar-refractivity contribution in [3.05, 3.63) is 72.3 Å². The van der Waals surface area contributed by atoms with Gasteiger partial charge in [-0.25, -0.2) is 4.57 Å². The van der Waals surface area contributed by atoms with E-state index in [2.05, 4.69) is 28.6 Å². The average molecular weight is 343 g/mol. The van der Waals surface area contributed by atoms with Crippen molar-refractivity contribution in [3.8, 4) is 11.3 Å². The van der Waals surface area contributed by atoms with Crippen LogP contribution >= 0.6 is 0 Å². The minimum atomic E-state index is -0.504. The molecule has 3 nitrogen and oxygen atoms in total. The molecule has 0 fully saturated rings. The SMILES string of the molecule is Cc1ccc2c(oc3nc(F)c4ccccc4c32)c1-c1cccc[n+]1C. The van der Waals surface area contributed by atoms with Crippen LogP contribution in [0.1, 0.15) is 5.56 Å². The number of nitrogens with zero attached hydrogens (tertiary/aromatic N) is 2. The van der Waals surface area contributed by atoms with Gasteiger partial charge in [0, 0.05) is 22.9 Å². The van der Waals surface area contributed by atoms with Crippen LogP contribution in [0.5, 0.6) is 0 Å². The Balaban J connectivity index is 2.00. The van der Waals surface area contributed by atoms with Crippen molar-refractivity contribution >= 4 is 32.8 Å². The van der Waals surface area contributed by atoms with E-state index in [1.807, 2.05) is 49.6 Å². The summed E-state index contributed by atoms with van der Waals surface area (Å²) in [4.78, 5) is 4.09. The maximum Gasteiger partial charge on any atom is 0.230 e. The van der Waals surface area contributed by atoms with E-state index in [0.29, 0.717) is 11.1 Å². The fraction of sp³-hybridized carbons (Fsp3) is 0.0909. The molecule has 126 valence electrons. The zero-order chi connectivity index (χ0) is 17.8. The summed E-state index contributed by atoms with van der Waals surface area (Å²) in [6.07, 6.45) is 2.00. The molecule has 0 radical (unpaired) electrons. The molecule has 0 bridgehead atoms. The Hall–Kier alpha value is -3.27. The third-order valence-corrected chi connectivity index (χ3v) is 4.98. The minimum absolute atomic E-state index is 0.335. The van der Waals surface area contributed by atoms with Crippen molar-refractivity contribution in [3.63, 3.8) is 0 Å². The van der Waals surface area contributed by atoms with Gasteiger partial charge in [-0.2, -0.15) is 9.37 Å². The first-order valence-electron chi connectivity index (χ1n) is 8.50. The fourth-order valence-corrected chi connectivity index (χ4v) is 3.72. The number of furan rings is 1. The van der Waals surface area contributed by atoms with Crippen LogP contribution < -0.4 is 4.57 Å². The monoisotopic (exact) mass is 343 g/mol. The number of rotatable bonds is 1. The Morgan fingerprint density at radius 3 is 2.50 bits per heavy atom. The van der Waals surface area contributed by atoms with E-state index in [9.17, 15) is 4.39 Å². The summed E-state index contributed by atoms with van der Waals surface area (Å²) in [5, 5.41) is 3.14. The van der Waals surface area contributed by atoms with Gasteiger partial charge in [-0.15, -0.1) is 0 Å². The molecule has 0 amide bonds. The number of hydrogen-bond acceptors (Lipinski definition) is 2. The summed E-state index contributed by atoms with van der Waals surface area (Å²) in [5.41, 5.74) is 4.22. The van der Waals surface area contributed by atoms with Gasteiger partial charge in [-0.05, 0) is 30.0 Å². The second-order valence-electron chi connectivity index (χ2n) is 6.56. The largest absolute Gasteiger partial charge is 0.437 e. The zero-order valence-electron chi connectivity index (χ0n) is 14.5. The minimum Gasteiger partial charge on any atom is -0.437 e. The molecule has 0 N–H and O–H groups in total. The summed E-state index contributed by atoms with van der Waals surface area (Å²) in [6, 6.07) is 17.6. The molecule has 5 aromatic rings. The predicted octanol–water partition coefficient (Wildman–Crippen LogP) is 5.07. The first kappa shape index (κ1) is 15.0. The van der Waals surface area contributed by atoms with Crippen LogP contribution in [0.3, 0.4) is 0 Å². The van der Waals surface area contributed by atoms with E-state index in [4.69, 9.17) is 4.42 Å². The van der Waals surface area contributed by atoms with Gasteiger partial charge in [0.15, 0.2) is 11.8 Å². The van der Waals surface area contributed by atoms with Gasteiger partial charge < -0.3 is 4.42 Å². The van der Waals surface area contributed by atoms with Gasteiger partial charge in [0.1, 0.15) is 7.05 Å². The predicted molar refractivity (Wildman–Crippen MR) is 100 cm³/mol. The van der Waals surface area contributed by atoms with Crippen molar-refractivity contribution in [2.24, 2.45) is 7.05 Å². The third-order valence-electron chi connectivity index (χ3n) is 4.98. The van der Waals surface area contributed by atoms with E-state index in [0.717, 1.165) is 38.6 Å². The van der Waals surface area contributed by atoms with E-state index in [-0.39, 0.29) is 0 Å². The maximum absolute atomic E-state index is 14.4. The zero-order valence-corrected chi connectivity index (χ0v) is 14.5. The lowest BCUT2D eigenvalue weighted by atomic mass is 9.99. The van der Waals surface area contributed by atoms with Gasteiger partial charge in [0.05, 0.1) is 10.9 Å². The summed E-state index contributed by atoms with van der Waals surface area (Å²) in [7, 11) is 2.00. The molecule has 0 aliphatic rings. The van der Waals surface area contributed by atoms with E-state index in [1.165, 1.54) is 0 Å². The first-order chi connectivity index (χ1) is 12.6. The van der Waals surface area contributed by atoms with Crippen LogP contribution in [0.15, 0.2) is 65.2 Å². The maximum atomic E-state index is 14.4. The van der Waals surface area contributed by atoms with Crippen LogP contribution in [0, 0.1) is 12.9 Å². The molecule has 0 saturated heterocycles. The van der Waals surface area contributed by atoms with E-state index < -0.39 is 5.95 Å². The van der Waals surface area contributed by atoms with Crippen LogP contribution in [0.25, 0.3) is 44.1 Å². The molecule has 0 atom stereocenters. The molecule has 0 spiro atoms. The highest BCUT2D eigenvalue weighted by Gasteiger charge is 2.22. The van der Waals surface area contributed by atoms with Gasteiger partial charge in [-0.3, -0.25) is 0 Å². The van der Waals surface area contributed by atoms with Gasteiger partial charge in [-0.1, -0.05) is 30.3 Å². The molecule has 4 heteroatoms. The molecular formula is C22H16FN2O+. The number of pyridine rings is 2. The van der Waals surface area contributed by atoms with Crippen molar-refractivity contribution in [1.29, 1.82) is 0 Å². The molecular weight excluding hydrogens is 327 g/mol. The number of halogens is 1. The van der Waals surface area contributed by atoms with Crippen LogP contribution in [-0.4, -0.2) is 4.98 Å². The van der Waals surface area contributed by atoms with Gasteiger partial charge >= 0.3 is 0 Å². The molecule has 3 aromatic heterocycles. The molecule has 26 heavy (non-hydrogen) atoms. The summed E-state index contributed by atoms with van der Waals surface area (Å²) < 4.78 is 22.6. The lowest BCUT2D eigenvalue weighted by Gasteiger charge is -2.05. The van der Waals surface area contributed by atoms with E-state index >= 15 is 0 Å². The van der Waals surface area contributed by atoms with Crippen molar-refractivity contribution in [2.45, 2.75) is 6.92 Å². The van der Waals surface area contributed by atoms with Crippen LogP contribution in [0.4, 0.5) is 4.39 Å². The standard InChI is InChI=1S/C22H16FN2O/c1-13-10-11-16-19-14-7-3-4-8-15(14)21(23)24-22(19)26-20(16)18(13)17-9-5-6-12-25(17)2/h3-12H,1-2H3/q+1. The summed E-state index contributed by atoms with van der Waals surface area (Å²) in [6.45, 7) is 2.06. The molecule has 0 saturated carbocycles. The molecule has 0 aliphatic heterocycles. The Labute approximate surface area is 149 Å². The normalized spacial score (nSPS) is 11.7. The number of benzene rings is 2. The third kappa shape index (κ3) is 1.99. The number of aryl methyl sites for hydroxylation is 2. The lowest BCUT2D eigenvalue weighted by Crippen LogP contribution is -2.30. The topological polar surface area (TPSA) is 29.9 Å².